The van der Waals surface area contributed by atoms with Crippen LogP contribution in [0.15, 0.2) is 37.2 Å². The number of thiophene rings is 1. The molecule has 3 rings (SSSR count). The quantitative estimate of drug-likeness (QED) is 0.387. The molecule has 1 N–H and O–H groups in total. The van der Waals surface area contributed by atoms with Crippen molar-refractivity contribution in [3.8, 4) is 5.75 Å². The molecule has 0 aliphatic rings. The van der Waals surface area contributed by atoms with Gasteiger partial charge in [-0.25, -0.2) is 14.6 Å². The number of carbonyl (C=O) groups excluding carboxylic acids is 3. The SMILES string of the molecule is C=CCOC(=O)c1sc(NC(=O)COc2cccn3cc(C)nc23)c(C(=O)OCC)c1C. The molecule has 0 atom stereocenters. The fourth-order valence-corrected chi connectivity index (χ4v) is 4.08. The zero-order valence-corrected chi connectivity index (χ0v) is 18.8. The molecular weight excluding hydrogens is 434 g/mol. The van der Waals surface area contributed by atoms with Gasteiger partial charge in [-0.05, 0) is 38.5 Å². The summed E-state index contributed by atoms with van der Waals surface area (Å²) in [4.78, 5) is 42.0. The van der Waals surface area contributed by atoms with Gasteiger partial charge in [0.2, 0.25) is 0 Å². The third kappa shape index (κ3) is 4.97. The third-order valence-electron chi connectivity index (χ3n) is 4.32. The molecule has 0 saturated carbocycles. The van der Waals surface area contributed by atoms with Crippen LogP contribution in [0.1, 0.15) is 38.2 Å². The molecule has 0 saturated heterocycles. The number of imidazole rings is 1. The number of esters is 2. The molecule has 3 aromatic heterocycles. The lowest BCUT2D eigenvalue weighted by molar-refractivity contribution is -0.118. The molecule has 3 heterocycles. The second-order valence-corrected chi connectivity index (χ2v) is 7.71. The molecule has 32 heavy (non-hydrogen) atoms. The van der Waals surface area contributed by atoms with E-state index < -0.39 is 17.8 Å². The van der Waals surface area contributed by atoms with Crippen molar-refractivity contribution in [2.45, 2.75) is 20.8 Å². The van der Waals surface area contributed by atoms with Gasteiger partial charge in [-0.2, -0.15) is 0 Å². The number of nitrogens with zero attached hydrogens (tertiary/aromatic N) is 2. The Morgan fingerprint density at radius 1 is 1.25 bits per heavy atom. The molecule has 0 aliphatic carbocycles. The fourth-order valence-electron chi connectivity index (χ4n) is 2.97. The van der Waals surface area contributed by atoms with Crippen LogP contribution in [0, 0.1) is 13.8 Å². The third-order valence-corrected chi connectivity index (χ3v) is 5.51. The molecule has 168 valence electrons. The maximum absolute atomic E-state index is 12.6. The Balaban J connectivity index is 1.79. The number of hydrogen-bond donors (Lipinski definition) is 1. The molecule has 0 fully saturated rings. The molecule has 10 heteroatoms. The molecule has 0 bridgehead atoms. The molecule has 0 unspecified atom stereocenters. The number of rotatable bonds is 9. The zero-order valence-electron chi connectivity index (χ0n) is 18.0. The number of fused-ring (bicyclic) bond motifs is 1. The van der Waals surface area contributed by atoms with E-state index in [1.807, 2.05) is 19.3 Å². The van der Waals surface area contributed by atoms with Crippen LogP contribution in [0.2, 0.25) is 0 Å². The Morgan fingerprint density at radius 3 is 2.75 bits per heavy atom. The van der Waals surface area contributed by atoms with Crippen LogP contribution in [0.4, 0.5) is 5.00 Å². The van der Waals surface area contributed by atoms with Crippen molar-refractivity contribution in [1.29, 1.82) is 0 Å². The van der Waals surface area contributed by atoms with Gasteiger partial charge in [0, 0.05) is 12.4 Å². The second kappa shape index (κ2) is 10.1. The molecule has 0 aromatic carbocycles. The van der Waals surface area contributed by atoms with Crippen LogP contribution in [-0.4, -0.2) is 47.1 Å². The molecule has 9 nitrogen and oxygen atoms in total. The maximum atomic E-state index is 12.6. The summed E-state index contributed by atoms with van der Waals surface area (Å²) in [6.45, 7) is 8.49. The first-order valence-electron chi connectivity index (χ1n) is 9.81. The Kier molecular flexibility index (Phi) is 7.26. The van der Waals surface area contributed by atoms with E-state index in [0.717, 1.165) is 17.0 Å². The van der Waals surface area contributed by atoms with Gasteiger partial charge in [-0.3, -0.25) is 4.79 Å². The predicted octanol–water partition coefficient (Wildman–Crippen LogP) is 3.55. The summed E-state index contributed by atoms with van der Waals surface area (Å²) in [6.07, 6.45) is 5.11. The molecule has 0 spiro atoms. The lowest BCUT2D eigenvalue weighted by atomic mass is 10.1. The first kappa shape index (κ1) is 23.0. The first-order valence-corrected chi connectivity index (χ1v) is 10.6. The average Bonchev–Trinajstić information content (AvgIpc) is 3.29. The van der Waals surface area contributed by atoms with Crippen LogP contribution in [-0.2, 0) is 14.3 Å². The second-order valence-electron chi connectivity index (χ2n) is 6.69. The minimum absolute atomic E-state index is 0.0270. The molecule has 0 aliphatic heterocycles. The topological polar surface area (TPSA) is 108 Å². The molecule has 3 aromatic rings. The van der Waals surface area contributed by atoms with Gasteiger partial charge in [0.1, 0.15) is 16.5 Å². The van der Waals surface area contributed by atoms with E-state index in [0.29, 0.717) is 17.0 Å². The summed E-state index contributed by atoms with van der Waals surface area (Å²) in [7, 11) is 0. The van der Waals surface area contributed by atoms with Gasteiger partial charge in [0.25, 0.3) is 5.91 Å². The van der Waals surface area contributed by atoms with E-state index >= 15 is 0 Å². The van der Waals surface area contributed by atoms with Crippen LogP contribution in [0.3, 0.4) is 0 Å². The van der Waals surface area contributed by atoms with Crippen LogP contribution in [0.5, 0.6) is 5.75 Å². The van der Waals surface area contributed by atoms with Crippen molar-refractivity contribution in [2.75, 3.05) is 25.1 Å². The lowest BCUT2D eigenvalue weighted by Gasteiger charge is -2.09. The van der Waals surface area contributed by atoms with E-state index in [1.165, 1.54) is 6.08 Å². The summed E-state index contributed by atoms with van der Waals surface area (Å²) in [5.41, 5.74) is 1.89. The molecule has 1 amide bonds. The van der Waals surface area contributed by atoms with Crippen molar-refractivity contribution in [3.63, 3.8) is 0 Å². The minimum atomic E-state index is -0.641. The number of hydrogen-bond acceptors (Lipinski definition) is 8. The van der Waals surface area contributed by atoms with Gasteiger partial charge in [0.05, 0.1) is 17.9 Å². The predicted molar refractivity (Wildman–Crippen MR) is 120 cm³/mol. The zero-order chi connectivity index (χ0) is 23.3. The minimum Gasteiger partial charge on any atom is -0.480 e. The number of aromatic nitrogens is 2. The summed E-state index contributed by atoms with van der Waals surface area (Å²) in [5, 5.41) is 2.83. The number of pyridine rings is 1. The van der Waals surface area contributed by atoms with E-state index in [-0.39, 0.29) is 35.3 Å². The summed E-state index contributed by atoms with van der Waals surface area (Å²) in [5.74, 6) is -1.32. The lowest BCUT2D eigenvalue weighted by Crippen LogP contribution is -2.21. The van der Waals surface area contributed by atoms with E-state index in [2.05, 4.69) is 16.9 Å². The van der Waals surface area contributed by atoms with Gasteiger partial charge in [-0.1, -0.05) is 12.7 Å². The number of aryl methyl sites for hydroxylation is 1. The van der Waals surface area contributed by atoms with Crippen LogP contribution < -0.4 is 10.1 Å². The van der Waals surface area contributed by atoms with Crippen LogP contribution in [0.25, 0.3) is 5.65 Å². The molecular formula is C22H23N3O6S. The average molecular weight is 458 g/mol. The van der Waals surface area contributed by atoms with Crippen molar-refractivity contribution < 1.29 is 28.6 Å². The fraction of sp³-hybridized carbons (Fsp3) is 0.273. The van der Waals surface area contributed by atoms with E-state index in [4.69, 9.17) is 14.2 Å². The highest BCUT2D eigenvalue weighted by molar-refractivity contribution is 7.18. The van der Waals surface area contributed by atoms with Crippen molar-refractivity contribution >= 4 is 39.8 Å². The van der Waals surface area contributed by atoms with Gasteiger partial charge in [-0.15, -0.1) is 11.3 Å². The van der Waals surface area contributed by atoms with Crippen molar-refractivity contribution in [1.82, 2.24) is 9.38 Å². The Bertz CT molecular complexity index is 1180. The number of amides is 1. The van der Waals surface area contributed by atoms with Crippen molar-refractivity contribution in [3.05, 3.63) is 58.9 Å². The molecule has 0 radical (unpaired) electrons. The number of carbonyl (C=O) groups is 3. The number of nitrogens with one attached hydrogen (secondary N) is 1. The standard InChI is InChI=1S/C22H23N3O6S/c1-5-10-30-22(28)18-14(4)17(21(27)29-6-2)20(32-18)24-16(26)12-31-15-8-7-9-25-11-13(3)23-19(15)25/h5,7-9,11H,1,6,10,12H2,2-4H3,(H,24,26). The first-order chi connectivity index (χ1) is 15.3. The van der Waals surface area contributed by atoms with Gasteiger partial charge in [0.15, 0.2) is 18.0 Å². The van der Waals surface area contributed by atoms with Gasteiger partial charge < -0.3 is 23.9 Å². The highest BCUT2D eigenvalue weighted by Gasteiger charge is 2.27. The largest absolute Gasteiger partial charge is 0.480 e. The van der Waals surface area contributed by atoms with Gasteiger partial charge >= 0.3 is 11.9 Å². The Labute approximate surface area is 188 Å². The number of ether oxygens (including phenoxy) is 3. The highest BCUT2D eigenvalue weighted by Crippen LogP contribution is 2.34. The number of anilines is 1. The van der Waals surface area contributed by atoms with Crippen molar-refractivity contribution in [2.24, 2.45) is 0 Å². The van der Waals surface area contributed by atoms with E-state index in [9.17, 15) is 14.4 Å². The summed E-state index contributed by atoms with van der Waals surface area (Å²) < 4.78 is 17.6. The highest BCUT2D eigenvalue weighted by atomic mass is 32.1. The summed E-state index contributed by atoms with van der Waals surface area (Å²) >= 11 is 0.941. The maximum Gasteiger partial charge on any atom is 0.348 e. The normalized spacial score (nSPS) is 10.6. The Hall–Kier alpha value is -3.66. The monoisotopic (exact) mass is 457 g/mol. The Morgan fingerprint density at radius 2 is 2.03 bits per heavy atom. The van der Waals surface area contributed by atoms with Crippen LogP contribution >= 0.6 is 11.3 Å². The smallest absolute Gasteiger partial charge is 0.348 e. The summed E-state index contributed by atoms with van der Waals surface area (Å²) in [6, 6.07) is 3.49. The van der Waals surface area contributed by atoms with E-state index in [1.54, 1.807) is 30.4 Å².